The summed E-state index contributed by atoms with van der Waals surface area (Å²) in [7, 11) is -3.90. The number of para-hydroxylation sites is 1. The van der Waals surface area contributed by atoms with Gasteiger partial charge in [0, 0.05) is 5.39 Å². The molecule has 0 aliphatic heterocycles. The fourth-order valence-electron chi connectivity index (χ4n) is 2.07. The zero-order valence-corrected chi connectivity index (χ0v) is 11.9. The monoisotopic (exact) mass is 299 g/mol. The third kappa shape index (κ3) is 2.89. The fraction of sp³-hybridized carbons (Fsp3) is 0. The van der Waals surface area contributed by atoms with E-state index in [1.54, 1.807) is 42.5 Å². The standard InChI is InChI=1S/C16H13NO3S/c18-21(19,20-17-14-9-2-1-3-10-14)16-12-6-8-13-7-4-5-11-15(13)16/h1-12,17H. The molecule has 3 rings (SSSR count). The van der Waals surface area contributed by atoms with Crippen LogP contribution in [0.2, 0.25) is 0 Å². The van der Waals surface area contributed by atoms with E-state index in [1.807, 2.05) is 24.3 Å². The molecule has 5 heteroatoms. The van der Waals surface area contributed by atoms with Crippen LogP contribution < -0.4 is 5.48 Å². The highest BCUT2D eigenvalue weighted by atomic mass is 32.2. The van der Waals surface area contributed by atoms with E-state index in [9.17, 15) is 8.42 Å². The van der Waals surface area contributed by atoms with Gasteiger partial charge in [0.2, 0.25) is 0 Å². The Hall–Kier alpha value is -2.37. The van der Waals surface area contributed by atoms with E-state index in [0.717, 1.165) is 5.39 Å². The summed E-state index contributed by atoms with van der Waals surface area (Å²) in [6, 6.07) is 21.2. The topological polar surface area (TPSA) is 55.4 Å². The smallest absolute Gasteiger partial charge is 0.249 e. The van der Waals surface area contributed by atoms with Gasteiger partial charge in [-0.15, -0.1) is 4.28 Å². The summed E-state index contributed by atoms with van der Waals surface area (Å²) in [6.07, 6.45) is 0. The summed E-state index contributed by atoms with van der Waals surface area (Å²) in [6.45, 7) is 0. The predicted octanol–water partition coefficient (Wildman–Crippen LogP) is 3.57. The minimum Gasteiger partial charge on any atom is -0.249 e. The van der Waals surface area contributed by atoms with Gasteiger partial charge in [-0.3, -0.25) is 0 Å². The average Bonchev–Trinajstić information content (AvgIpc) is 2.53. The van der Waals surface area contributed by atoms with Crippen LogP contribution in [-0.2, 0) is 14.4 Å². The first-order valence-electron chi connectivity index (χ1n) is 6.39. The molecule has 4 nitrogen and oxygen atoms in total. The minimum atomic E-state index is -3.90. The maximum atomic E-state index is 12.3. The van der Waals surface area contributed by atoms with Crippen molar-refractivity contribution >= 4 is 26.6 Å². The molecule has 0 unspecified atom stereocenters. The van der Waals surface area contributed by atoms with Crippen LogP contribution in [0.25, 0.3) is 10.8 Å². The average molecular weight is 299 g/mol. The maximum absolute atomic E-state index is 12.3. The zero-order valence-electron chi connectivity index (χ0n) is 11.1. The van der Waals surface area contributed by atoms with Crippen LogP contribution in [-0.4, -0.2) is 8.42 Å². The lowest BCUT2D eigenvalue weighted by Gasteiger charge is -2.09. The van der Waals surface area contributed by atoms with Crippen LogP contribution in [0.1, 0.15) is 0 Å². The van der Waals surface area contributed by atoms with E-state index >= 15 is 0 Å². The summed E-state index contributed by atoms with van der Waals surface area (Å²) in [4.78, 5) is 0.143. The lowest BCUT2D eigenvalue weighted by molar-refractivity contribution is 0.391. The van der Waals surface area contributed by atoms with Crippen molar-refractivity contribution in [3.8, 4) is 0 Å². The Kier molecular flexibility index (Phi) is 3.60. The first-order chi connectivity index (χ1) is 10.2. The quantitative estimate of drug-likeness (QED) is 0.748. The van der Waals surface area contributed by atoms with Gasteiger partial charge in [0.25, 0.3) is 0 Å². The SMILES string of the molecule is O=S(=O)(ONc1ccccc1)c1cccc2ccccc12. The molecular weight excluding hydrogens is 286 g/mol. The summed E-state index contributed by atoms with van der Waals surface area (Å²) in [5.74, 6) is 0. The van der Waals surface area contributed by atoms with Gasteiger partial charge in [0.05, 0.1) is 5.69 Å². The second-order valence-electron chi connectivity index (χ2n) is 4.48. The molecule has 3 aromatic rings. The normalized spacial score (nSPS) is 11.4. The van der Waals surface area contributed by atoms with E-state index < -0.39 is 10.1 Å². The van der Waals surface area contributed by atoms with Crippen molar-refractivity contribution in [3.63, 3.8) is 0 Å². The highest BCUT2D eigenvalue weighted by Gasteiger charge is 2.18. The van der Waals surface area contributed by atoms with Gasteiger partial charge in [-0.1, -0.05) is 54.6 Å². The molecule has 1 N–H and O–H groups in total. The van der Waals surface area contributed by atoms with Gasteiger partial charge in [0.1, 0.15) is 4.90 Å². The summed E-state index contributed by atoms with van der Waals surface area (Å²) in [5.41, 5.74) is 3.03. The van der Waals surface area contributed by atoms with E-state index in [4.69, 9.17) is 4.28 Å². The molecule has 0 aliphatic rings. The van der Waals surface area contributed by atoms with E-state index in [2.05, 4.69) is 5.48 Å². The van der Waals surface area contributed by atoms with Crippen molar-refractivity contribution in [1.82, 2.24) is 0 Å². The summed E-state index contributed by atoms with van der Waals surface area (Å²) in [5, 5.41) is 1.48. The molecule has 0 fully saturated rings. The molecule has 0 heterocycles. The first-order valence-corrected chi connectivity index (χ1v) is 7.80. The highest BCUT2D eigenvalue weighted by molar-refractivity contribution is 7.87. The highest BCUT2D eigenvalue weighted by Crippen LogP contribution is 2.24. The van der Waals surface area contributed by atoms with E-state index in [-0.39, 0.29) is 4.90 Å². The van der Waals surface area contributed by atoms with Gasteiger partial charge in [0.15, 0.2) is 0 Å². The Morgan fingerprint density at radius 2 is 1.43 bits per heavy atom. The van der Waals surface area contributed by atoms with Gasteiger partial charge in [-0.05, 0) is 23.6 Å². The number of fused-ring (bicyclic) bond motifs is 1. The molecule has 0 saturated heterocycles. The summed E-state index contributed by atoms with van der Waals surface area (Å²) < 4.78 is 29.6. The van der Waals surface area contributed by atoms with Crippen molar-refractivity contribution in [2.75, 3.05) is 5.48 Å². The van der Waals surface area contributed by atoms with Crippen LogP contribution >= 0.6 is 0 Å². The van der Waals surface area contributed by atoms with Crippen LogP contribution in [0.3, 0.4) is 0 Å². The third-order valence-electron chi connectivity index (χ3n) is 3.06. The zero-order chi connectivity index (χ0) is 14.7. The Morgan fingerprint density at radius 3 is 2.24 bits per heavy atom. The van der Waals surface area contributed by atoms with Crippen LogP contribution in [0.15, 0.2) is 77.7 Å². The Morgan fingerprint density at radius 1 is 0.762 bits per heavy atom. The van der Waals surface area contributed by atoms with Crippen molar-refractivity contribution in [2.45, 2.75) is 4.90 Å². The maximum Gasteiger partial charge on any atom is 0.318 e. The molecule has 0 bridgehead atoms. The molecule has 0 atom stereocenters. The molecule has 0 radical (unpaired) electrons. The number of anilines is 1. The molecular formula is C16H13NO3S. The molecule has 0 spiro atoms. The second kappa shape index (κ2) is 5.55. The van der Waals surface area contributed by atoms with Crippen molar-refractivity contribution in [1.29, 1.82) is 0 Å². The Labute approximate surface area is 123 Å². The number of rotatable bonds is 4. The molecule has 0 aromatic heterocycles. The Balaban J connectivity index is 1.94. The second-order valence-corrected chi connectivity index (χ2v) is 6.00. The van der Waals surface area contributed by atoms with Gasteiger partial charge in [-0.25, -0.2) is 5.48 Å². The van der Waals surface area contributed by atoms with E-state index in [1.165, 1.54) is 6.07 Å². The molecule has 0 amide bonds. The van der Waals surface area contributed by atoms with Crippen LogP contribution in [0.4, 0.5) is 5.69 Å². The summed E-state index contributed by atoms with van der Waals surface area (Å²) >= 11 is 0. The molecule has 106 valence electrons. The number of hydrogen-bond acceptors (Lipinski definition) is 4. The van der Waals surface area contributed by atoms with E-state index in [0.29, 0.717) is 11.1 Å². The number of benzene rings is 3. The van der Waals surface area contributed by atoms with Gasteiger partial charge >= 0.3 is 10.1 Å². The third-order valence-corrected chi connectivity index (χ3v) is 4.26. The van der Waals surface area contributed by atoms with Crippen LogP contribution in [0, 0.1) is 0 Å². The fourth-order valence-corrected chi connectivity index (χ4v) is 3.06. The Bertz CT molecular complexity index is 856. The van der Waals surface area contributed by atoms with Crippen molar-refractivity contribution in [3.05, 3.63) is 72.8 Å². The number of hydrogen-bond donors (Lipinski definition) is 1. The molecule has 0 aliphatic carbocycles. The van der Waals surface area contributed by atoms with Crippen LogP contribution in [0.5, 0.6) is 0 Å². The van der Waals surface area contributed by atoms with Gasteiger partial charge < -0.3 is 0 Å². The number of nitrogens with one attached hydrogen (secondary N) is 1. The molecule has 0 saturated carbocycles. The minimum absolute atomic E-state index is 0.143. The van der Waals surface area contributed by atoms with Crippen molar-refractivity contribution < 1.29 is 12.7 Å². The van der Waals surface area contributed by atoms with Gasteiger partial charge in [-0.2, -0.15) is 8.42 Å². The first kappa shape index (κ1) is 13.6. The molecule has 21 heavy (non-hydrogen) atoms. The lowest BCUT2D eigenvalue weighted by atomic mass is 10.1. The van der Waals surface area contributed by atoms with Crippen molar-refractivity contribution in [2.24, 2.45) is 0 Å². The largest absolute Gasteiger partial charge is 0.318 e. The predicted molar refractivity (Wildman–Crippen MR) is 82.3 cm³/mol. The molecule has 3 aromatic carbocycles. The lowest BCUT2D eigenvalue weighted by Crippen LogP contribution is -2.12.